The summed E-state index contributed by atoms with van der Waals surface area (Å²) in [6, 6.07) is 0.0552. The monoisotopic (exact) mass is 346 g/mol. The number of nitrogens with zero attached hydrogens (tertiary/aromatic N) is 1. The van der Waals surface area contributed by atoms with Crippen LogP contribution in [-0.4, -0.2) is 49.8 Å². The van der Waals surface area contributed by atoms with Gasteiger partial charge in [-0.3, -0.25) is 4.79 Å². The SMILES string of the molecule is Cc1oc(S(=O)(=O)N(C)C)cc1C(=O)N[C@H](CC(C)C)C(=O)O. The van der Waals surface area contributed by atoms with Crippen molar-refractivity contribution in [1.29, 1.82) is 0 Å². The molecule has 9 heteroatoms. The average Bonchev–Trinajstić information content (AvgIpc) is 2.79. The summed E-state index contributed by atoms with van der Waals surface area (Å²) < 4.78 is 30.1. The van der Waals surface area contributed by atoms with Gasteiger partial charge in [-0.1, -0.05) is 13.8 Å². The van der Waals surface area contributed by atoms with Crippen LogP contribution in [0.3, 0.4) is 0 Å². The Bertz CT molecular complexity index is 690. The van der Waals surface area contributed by atoms with Crippen molar-refractivity contribution >= 4 is 21.9 Å². The van der Waals surface area contributed by atoms with Crippen LogP contribution in [0, 0.1) is 12.8 Å². The van der Waals surface area contributed by atoms with E-state index in [0.29, 0.717) is 0 Å². The number of carboxylic acid groups (broad SMARTS) is 1. The van der Waals surface area contributed by atoms with E-state index < -0.39 is 27.9 Å². The third-order valence-corrected chi connectivity index (χ3v) is 4.86. The van der Waals surface area contributed by atoms with Gasteiger partial charge in [-0.25, -0.2) is 17.5 Å². The van der Waals surface area contributed by atoms with E-state index in [1.165, 1.54) is 21.0 Å². The number of sulfonamides is 1. The number of rotatable bonds is 7. The lowest BCUT2D eigenvalue weighted by atomic mass is 10.0. The Balaban J connectivity index is 3.06. The highest BCUT2D eigenvalue weighted by atomic mass is 32.2. The lowest BCUT2D eigenvalue weighted by Crippen LogP contribution is -2.41. The first-order valence-corrected chi connectivity index (χ1v) is 8.47. The number of hydrogen-bond donors (Lipinski definition) is 2. The van der Waals surface area contributed by atoms with Gasteiger partial charge in [0, 0.05) is 20.2 Å². The van der Waals surface area contributed by atoms with Gasteiger partial charge in [0.1, 0.15) is 11.8 Å². The Kier molecular flexibility index (Phi) is 5.95. The number of carbonyl (C=O) groups excluding carboxylic acids is 1. The number of carbonyl (C=O) groups is 2. The van der Waals surface area contributed by atoms with Crippen LogP contribution in [0.15, 0.2) is 15.6 Å². The maximum absolute atomic E-state index is 12.2. The number of aryl methyl sites for hydroxylation is 1. The van der Waals surface area contributed by atoms with Crippen molar-refractivity contribution in [2.24, 2.45) is 5.92 Å². The summed E-state index contributed by atoms with van der Waals surface area (Å²) in [4.78, 5) is 23.4. The maximum atomic E-state index is 12.2. The molecule has 1 rings (SSSR count). The van der Waals surface area contributed by atoms with E-state index in [9.17, 15) is 18.0 Å². The lowest BCUT2D eigenvalue weighted by Gasteiger charge is -2.16. The molecule has 1 atom stereocenters. The summed E-state index contributed by atoms with van der Waals surface area (Å²) in [6.45, 7) is 5.13. The molecule has 0 radical (unpaired) electrons. The maximum Gasteiger partial charge on any atom is 0.326 e. The van der Waals surface area contributed by atoms with Crippen LogP contribution in [-0.2, 0) is 14.8 Å². The molecule has 0 spiro atoms. The van der Waals surface area contributed by atoms with E-state index in [-0.39, 0.29) is 28.8 Å². The van der Waals surface area contributed by atoms with E-state index in [1.54, 1.807) is 0 Å². The van der Waals surface area contributed by atoms with Gasteiger partial charge in [-0.2, -0.15) is 0 Å². The molecule has 0 saturated heterocycles. The molecule has 130 valence electrons. The summed E-state index contributed by atoms with van der Waals surface area (Å²) in [5.41, 5.74) is 0.000399. The average molecular weight is 346 g/mol. The molecular formula is C14H22N2O6S. The van der Waals surface area contributed by atoms with Crippen molar-refractivity contribution in [1.82, 2.24) is 9.62 Å². The number of amides is 1. The molecule has 0 fully saturated rings. The van der Waals surface area contributed by atoms with Gasteiger partial charge in [-0.05, 0) is 19.3 Å². The lowest BCUT2D eigenvalue weighted by molar-refractivity contribution is -0.139. The van der Waals surface area contributed by atoms with Gasteiger partial charge >= 0.3 is 5.97 Å². The molecule has 0 bridgehead atoms. The standard InChI is InChI=1S/C14H22N2O6S/c1-8(2)6-11(14(18)19)15-13(17)10-7-12(22-9(10)3)23(20,21)16(4)5/h7-8,11H,6H2,1-5H3,(H,15,17)(H,18,19)/t11-/m1/s1. The van der Waals surface area contributed by atoms with E-state index in [1.807, 2.05) is 13.8 Å². The highest BCUT2D eigenvalue weighted by Crippen LogP contribution is 2.21. The molecule has 0 aliphatic heterocycles. The van der Waals surface area contributed by atoms with Crippen LogP contribution in [0.2, 0.25) is 0 Å². The number of nitrogens with one attached hydrogen (secondary N) is 1. The van der Waals surface area contributed by atoms with Crippen LogP contribution in [0.5, 0.6) is 0 Å². The second kappa shape index (κ2) is 7.14. The Hall–Kier alpha value is -1.87. The molecule has 1 aromatic rings. The predicted octanol–water partition coefficient (Wildman–Crippen LogP) is 1.07. The molecule has 0 aliphatic carbocycles. The highest BCUT2D eigenvalue weighted by molar-refractivity contribution is 7.88. The quantitative estimate of drug-likeness (QED) is 0.762. The van der Waals surface area contributed by atoms with Crippen LogP contribution < -0.4 is 5.32 Å². The van der Waals surface area contributed by atoms with E-state index in [2.05, 4.69) is 5.32 Å². The molecule has 2 N–H and O–H groups in total. The summed E-state index contributed by atoms with van der Waals surface area (Å²) in [5.74, 6) is -1.64. The Morgan fingerprint density at radius 3 is 2.35 bits per heavy atom. The molecule has 1 heterocycles. The third-order valence-electron chi connectivity index (χ3n) is 3.19. The van der Waals surface area contributed by atoms with Crippen molar-refractivity contribution in [3.05, 3.63) is 17.4 Å². The van der Waals surface area contributed by atoms with Gasteiger partial charge in [0.25, 0.3) is 15.9 Å². The number of hydrogen-bond acceptors (Lipinski definition) is 5. The topological polar surface area (TPSA) is 117 Å². The van der Waals surface area contributed by atoms with E-state index in [0.717, 1.165) is 10.4 Å². The first kappa shape index (κ1) is 19.2. The van der Waals surface area contributed by atoms with Gasteiger partial charge in [0.05, 0.1) is 5.56 Å². The van der Waals surface area contributed by atoms with Crippen molar-refractivity contribution < 1.29 is 27.5 Å². The molecule has 1 amide bonds. The molecule has 23 heavy (non-hydrogen) atoms. The number of carboxylic acids is 1. The van der Waals surface area contributed by atoms with Crippen molar-refractivity contribution in [3.63, 3.8) is 0 Å². The fourth-order valence-electron chi connectivity index (χ4n) is 1.92. The predicted molar refractivity (Wildman–Crippen MR) is 82.7 cm³/mol. The van der Waals surface area contributed by atoms with Crippen LogP contribution in [0.4, 0.5) is 0 Å². The van der Waals surface area contributed by atoms with Crippen molar-refractivity contribution in [3.8, 4) is 0 Å². The zero-order valence-corrected chi connectivity index (χ0v) is 14.6. The summed E-state index contributed by atoms with van der Waals surface area (Å²) in [5, 5.41) is 11.2. The van der Waals surface area contributed by atoms with Crippen LogP contribution >= 0.6 is 0 Å². The number of furan rings is 1. The van der Waals surface area contributed by atoms with Gasteiger partial charge in [0.15, 0.2) is 0 Å². The third kappa shape index (κ3) is 4.55. The summed E-state index contributed by atoms with van der Waals surface area (Å²) in [6.07, 6.45) is 0.265. The summed E-state index contributed by atoms with van der Waals surface area (Å²) in [7, 11) is -1.12. The fourth-order valence-corrected chi connectivity index (χ4v) is 2.77. The molecule has 0 aliphatic rings. The van der Waals surface area contributed by atoms with Crippen LogP contribution in [0.25, 0.3) is 0 Å². The minimum absolute atomic E-state index is 0.000399. The van der Waals surface area contributed by atoms with E-state index in [4.69, 9.17) is 9.52 Å². The van der Waals surface area contributed by atoms with Crippen molar-refractivity contribution in [2.75, 3.05) is 14.1 Å². The fraction of sp³-hybridized carbons (Fsp3) is 0.571. The minimum Gasteiger partial charge on any atom is -0.480 e. The highest BCUT2D eigenvalue weighted by Gasteiger charge is 2.28. The zero-order valence-electron chi connectivity index (χ0n) is 13.8. The van der Waals surface area contributed by atoms with Crippen LogP contribution in [0.1, 0.15) is 36.4 Å². The molecule has 0 saturated carbocycles. The first-order chi connectivity index (χ1) is 10.5. The zero-order chi connectivity index (χ0) is 17.9. The Labute approximate surface area is 135 Å². The molecule has 0 unspecified atom stereocenters. The largest absolute Gasteiger partial charge is 0.480 e. The second-order valence-electron chi connectivity index (χ2n) is 5.82. The summed E-state index contributed by atoms with van der Waals surface area (Å²) >= 11 is 0. The molecule has 0 aromatic carbocycles. The smallest absolute Gasteiger partial charge is 0.326 e. The minimum atomic E-state index is -3.81. The van der Waals surface area contributed by atoms with Gasteiger partial charge in [-0.15, -0.1) is 0 Å². The van der Waals surface area contributed by atoms with Gasteiger partial charge in [0.2, 0.25) is 5.09 Å². The Morgan fingerprint density at radius 2 is 1.91 bits per heavy atom. The second-order valence-corrected chi connectivity index (χ2v) is 7.90. The van der Waals surface area contributed by atoms with Gasteiger partial charge < -0.3 is 14.8 Å². The molecule has 1 aromatic heterocycles. The normalized spacial score (nSPS) is 13.3. The first-order valence-electron chi connectivity index (χ1n) is 7.03. The van der Waals surface area contributed by atoms with Crippen molar-refractivity contribution in [2.45, 2.75) is 38.3 Å². The van der Waals surface area contributed by atoms with E-state index >= 15 is 0 Å². The molecular weight excluding hydrogens is 324 g/mol. The molecule has 8 nitrogen and oxygen atoms in total. The Morgan fingerprint density at radius 1 is 1.35 bits per heavy atom. The number of aliphatic carboxylic acids is 1.